The number of carbonyl (C=O) groups is 1. The van der Waals surface area contributed by atoms with Gasteiger partial charge in [-0.15, -0.1) is 0 Å². The number of aliphatic carboxylic acids is 1. The van der Waals surface area contributed by atoms with Crippen molar-refractivity contribution in [2.24, 2.45) is 11.8 Å². The van der Waals surface area contributed by atoms with Crippen molar-refractivity contribution in [1.29, 1.82) is 0 Å². The van der Waals surface area contributed by atoms with Crippen LogP contribution in [0.5, 0.6) is 0 Å². The highest BCUT2D eigenvalue weighted by molar-refractivity contribution is 5.81. The predicted octanol–water partition coefficient (Wildman–Crippen LogP) is 6.43. The molecule has 26 heavy (non-hydrogen) atoms. The first-order valence-electron chi connectivity index (χ1n) is 9.86. The maximum Gasteiger partial charge on any atom is 0.328 e. The SMILES string of the molecule is CC[C@H]1[C@@H](/C=C/C(C)=C/C(=O)O)[C@@]1(C)c1cc(C(C)C)cc(C(C)C)c1. The Kier molecular flexibility index (Phi) is 6.16. The minimum atomic E-state index is -0.885. The van der Waals surface area contributed by atoms with Crippen molar-refractivity contribution in [2.45, 2.75) is 72.1 Å². The number of hydrogen-bond acceptors (Lipinski definition) is 1. The molecule has 1 aromatic rings. The van der Waals surface area contributed by atoms with Gasteiger partial charge in [0.2, 0.25) is 0 Å². The number of hydrogen-bond donors (Lipinski definition) is 1. The molecule has 0 radical (unpaired) electrons. The van der Waals surface area contributed by atoms with Gasteiger partial charge in [0.05, 0.1) is 0 Å². The zero-order valence-electron chi connectivity index (χ0n) is 17.3. The van der Waals surface area contributed by atoms with E-state index in [0.29, 0.717) is 23.7 Å². The van der Waals surface area contributed by atoms with Crippen LogP contribution in [0.1, 0.15) is 83.4 Å². The Morgan fingerprint density at radius 1 is 1.15 bits per heavy atom. The molecule has 0 amide bonds. The third-order valence-electron chi connectivity index (χ3n) is 6.08. The molecule has 0 saturated heterocycles. The lowest BCUT2D eigenvalue weighted by Gasteiger charge is -2.19. The molecular weight excluding hydrogens is 320 g/mol. The zero-order chi connectivity index (χ0) is 19.6. The summed E-state index contributed by atoms with van der Waals surface area (Å²) in [7, 11) is 0. The van der Waals surface area contributed by atoms with Gasteiger partial charge in [-0.25, -0.2) is 4.79 Å². The van der Waals surface area contributed by atoms with E-state index in [9.17, 15) is 4.79 Å². The third-order valence-corrected chi connectivity index (χ3v) is 6.08. The Morgan fingerprint density at radius 2 is 1.69 bits per heavy atom. The lowest BCUT2D eigenvalue weighted by atomic mass is 9.85. The fraction of sp³-hybridized carbons (Fsp3) is 0.542. The van der Waals surface area contributed by atoms with Crippen molar-refractivity contribution < 1.29 is 9.90 Å². The summed E-state index contributed by atoms with van der Waals surface area (Å²) in [6, 6.07) is 7.15. The van der Waals surface area contributed by atoms with Gasteiger partial charge < -0.3 is 5.11 Å². The normalized spacial score (nSPS) is 26.1. The molecule has 0 unspecified atom stereocenters. The molecule has 3 atom stereocenters. The Morgan fingerprint density at radius 3 is 2.12 bits per heavy atom. The first-order chi connectivity index (χ1) is 12.1. The van der Waals surface area contributed by atoms with E-state index in [1.54, 1.807) is 0 Å². The van der Waals surface area contributed by atoms with E-state index in [2.05, 4.69) is 65.8 Å². The summed E-state index contributed by atoms with van der Waals surface area (Å²) in [5, 5.41) is 8.90. The molecule has 0 bridgehead atoms. The van der Waals surface area contributed by atoms with Crippen molar-refractivity contribution in [3.05, 3.63) is 58.7 Å². The van der Waals surface area contributed by atoms with E-state index in [1.807, 2.05) is 13.0 Å². The average molecular weight is 355 g/mol. The molecule has 2 rings (SSSR count). The van der Waals surface area contributed by atoms with Crippen LogP contribution in [-0.4, -0.2) is 11.1 Å². The first kappa shape index (κ1) is 20.5. The summed E-state index contributed by atoms with van der Waals surface area (Å²) < 4.78 is 0. The summed E-state index contributed by atoms with van der Waals surface area (Å²) in [4.78, 5) is 10.8. The molecule has 1 fully saturated rings. The molecule has 142 valence electrons. The van der Waals surface area contributed by atoms with Crippen LogP contribution in [0.3, 0.4) is 0 Å². The Labute approximate surface area is 159 Å². The second-order valence-corrected chi connectivity index (χ2v) is 8.61. The van der Waals surface area contributed by atoms with Crippen molar-refractivity contribution in [3.63, 3.8) is 0 Å². The maximum absolute atomic E-state index is 10.8. The highest BCUT2D eigenvalue weighted by Crippen LogP contribution is 2.62. The molecule has 0 aromatic heterocycles. The number of carboxylic acids is 1. The molecule has 2 heteroatoms. The second kappa shape index (κ2) is 7.82. The fourth-order valence-corrected chi connectivity index (χ4v) is 4.21. The second-order valence-electron chi connectivity index (χ2n) is 8.61. The van der Waals surface area contributed by atoms with Crippen molar-refractivity contribution in [2.75, 3.05) is 0 Å². The Hall–Kier alpha value is -1.83. The van der Waals surface area contributed by atoms with Crippen LogP contribution in [0.25, 0.3) is 0 Å². The lowest BCUT2D eigenvalue weighted by Crippen LogP contribution is -2.09. The molecular formula is C24H34O2. The van der Waals surface area contributed by atoms with Gasteiger partial charge >= 0.3 is 5.97 Å². The molecule has 0 heterocycles. The van der Waals surface area contributed by atoms with Gasteiger partial charge in [0.25, 0.3) is 0 Å². The average Bonchev–Trinajstić information content (AvgIpc) is 3.16. The van der Waals surface area contributed by atoms with Gasteiger partial charge in [-0.1, -0.05) is 78.3 Å². The van der Waals surface area contributed by atoms with Gasteiger partial charge in [0, 0.05) is 11.5 Å². The third kappa shape index (κ3) is 4.11. The highest BCUT2D eigenvalue weighted by Gasteiger charge is 2.59. The maximum atomic E-state index is 10.8. The number of allylic oxidation sites excluding steroid dienone is 3. The van der Waals surface area contributed by atoms with Gasteiger partial charge in [-0.05, 0) is 52.9 Å². The summed E-state index contributed by atoms with van der Waals surface area (Å²) in [5.74, 6) is 1.23. The van der Waals surface area contributed by atoms with Crippen LogP contribution < -0.4 is 0 Å². The lowest BCUT2D eigenvalue weighted by molar-refractivity contribution is -0.131. The fourth-order valence-electron chi connectivity index (χ4n) is 4.21. The Balaban J connectivity index is 2.39. The van der Waals surface area contributed by atoms with E-state index in [4.69, 9.17) is 5.11 Å². The van der Waals surface area contributed by atoms with Crippen LogP contribution in [0.15, 0.2) is 42.0 Å². The van der Waals surface area contributed by atoms with E-state index in [1.165, 1.54) is 22.8 Å². The van der Waals surface area contributed by atoms with Gasteiger partial charge in [0.15, 0.2) is 0 Å². The molecule has 0 aliphatic heterocycles. The zero-order valence-corrected chi connectivity index (χ0v) is 17.3. The monoisotopic (exact) mass is 354 g/mol. The minimum Gasteiger partial charge on any atom is -0.478 e. The van der Waals surface area contributed by atoms with Gasteiger partial charge in [0.1, 0.15) is 0 Å². The van der Waals surface area contributed by atoms with Crippen LogP contribution in [0.2, 0.25) is 0 Å². The van der Waals surface area contributed by atoms with Crippen molar-refractivity contribution >= 4 is 5.97 Å². The summed E-state index contributed by atoms with van der Waals surface area (Å²) in [6.45, 7) is 15.5. The Bertz CT molecular complexity index is 697. The van der Waals surface area contributed by atoms with Crippen LogP contribution in [0.4, 0.5) is 0 Å². The summed E-state index contributed by atoms with van der Waals surface area (Å²) >= 11 is 0. The van der Waals surface area contributed by atoms with E-state index >= 15 is 0 Å². The standard InChI is InChI=1S/C24H34O2/c1-8-21-22(10-9-17(6)11-23(25)26)24(21,7)20-13-18(15(2)3)12-19(14-20)16(4)5/h9-16,21-22H,8H2,1-7H3,(H,25,26)/b10-9+,17-11+/t21-,22+,24-/m0/s1. The quantitative estimate of drug-likeness (QED) is 0.452. The topological polar surface area (TPSA) is 37.3 Å². The molecule has 1 aliphatic carbocycles. The molecule has 0 spiro atoms. The van der Waals surface area contributed by atoms with Crippen molar-refractivity contribution in [1.82, 2.24) is 0 Å². The number of carboxylic acid groups (broad SMARTS) is 1. The van der Waals surface area contributed by atoms with Crippen LogP contribution in [0, 0.1) is 11.8 Å². The molecule has 1 saturated carbocycles. The molecule has 1 N–H and O–H groups in total. The first-order valence-corrected chi connectivity index (χ1v) is 9.86. The van der Waals surface area contributed by atoms with Gasteiger partial charge in [-0.2, -0.15) is 0 Å². The van der Waals surface area contributed by atoms with Gasteiger partial charge in [-0.3, -0.25) is 0 Å². The predicted molar refractivity (Wildman–Crippen MR) is 110 cm³/mol. The smallest absolute Gasteiger partial charge is 0.328 e. The van der Waals surface area contributed by atoms with E-state index in [0.717, 1.165) is 12.0 Å². The van der Waals surface area contributed by atoms with Crippen LogP contribution in [-0.2, 0) is 10.2 Å². The molecule has 1 aliphatic rings. The summed E-state index contributed by atoms with van der Waals surface area (Å²) in [6.07, 6.45) is 6.60. The highest BCUT2D eigenvalue weighted by atomic mass is 16.4. The molecule has 1 aromatic carbocycles. The van der Waals surface area contributed by atoms with E-state index < -0.39 is 5.97 Å². The largest absolute Gasteiger partial charge is 0.478 e. The van der Waals surface area contributed by atoms with Crippen LogP contribution >= 0.6 is 0 Å². The van der Waals surface area contributed by atoms with E-state index in [-0.39, 0.29) is 5.41 Å². The number of benzene rings is 1. The summed E-state index contributed by atoms with van der Waals surface area (Å²) in [5.41, 5.74) is 5.20. The molecule has 2 nitrogen and oxygen atoms in total. The van der Waals surface area contributed by atoms with Crippen molar-refractivity contribution in [3.8, 4) is 0 Å². The minimum absolute atomic E-state index is 0.142. The number of rotatable bonds is 7.